The molecule has 0 heterocycles. The fraction of sp³-hybridized carbons (Fsp3) is 0.368. The summed E-state index contributed by atoms with van der Waals surface area (Å²) in [5.41, 5.74) is 32.4. The zero-order chi connectivity index (χ0) is 64.5. The molecule has 0 saturated heterocycles. The Balaban J connectivity index is 0.000000124. The topological polar surface area (TPSA) is 0 Å². The van der Waals surface area contributed by atoms with E-state index in [1.165, 1.54) is 227 Å². The van der Waals surface area contributed by atoms with Crippen molar-refractivity contribution < 1.29 is 0 Å². The number of fused-ring (bicyclic) bond motifs is 3. The average Bonchev–Trinajstić information content (AvgIpc) is 1.73. The Morgan fingerprint density at radius 2 is 0.863 bits per heavy atom. The fourth-order valence-corrected chi connectivity index (χ4v) is 17.9. The number of hydrogen-bond donors (Lipinski definition) is 0. The van der Waals surface area contributed by atoms with Gasteiger partial charge in [0.15, 0.2) is 0 Å². The Morgan fingerprint density at radius 1 is 0.368 bits per heavy atom. The van der Waals surface area contributed by atoms with Gasteiger partial charge in [0.1, 0.15) is 0 Å². The first-order valence-corrected chi connectivity index (χ1v) is 37.5. The van der Waals surface area contributed by atoms with Gasteiger partial charge in [0.25, 0.3) is 0 Å². The summed E-state index contributed by atoms with van der Waals surface area (Å²) < 4.78 is 0. The van der Waals surface area contributed by atoms with Gasteiger partial charge in [0, 0.05) is 17.8 Å². The highest BCUT2D eigenvalue weighted by atomic mass is 14.4. The zero-order valence-corrected chi connectivity index (χ0v) is 57.8. The molecule has 12 aliphatic carbocycles. The second-order valence-electron chi connectivity index (χ2n) is 30.3. The van der Waals surface area contributed by atoms with E-state index in [2.05, 4.69) is 258 Å². The number of aryl methyl sites for hydroxylation is 3. The Kier molecular flexibility index (Phi) is 20.7. The minimum Gasteiger partial charge on any atom is -0.0836 e. The van der Waals surface area contributed by atoms with Crippen molar-refractivity contribution in [2.75, 3.05) is 0 Å². The van der Waals surface area contributed by atoms with Gasteiger partial charge in [0.05, 0.1) is 0 Å². The standard InChI is InChI=1S/C37H40.2C29H32/c1-27-10-12-28(13-11-27)24-29-14-16-30(17-15-29)25-31-18-20-32(21-19-31)26-34-22-23-36(33-6-3-2-4-7-33)37-9-5-8-35(34)37;1-20-10-12-22(13-11-20)25-15-14-24(21(2)18-25)19-26-16-17-28(23-6-3-4-7-23)29-9-5-8-27(26)29;1-21-19-22(15-17-26(21)23-9-4-2-5-10-23)20-25-16-18-28(24-11-6-3-7-12-24)29-14-8-13-27(25)29/h3,5-13,18-23,29-30,37H,2,4,14-17,24-26H2,1H3;3,5-9,14-18,20,22,29H,4,10-13,19H2,1-2H3;6,8,11-19,23,29H,2-5,7,9-10,20H2,1H3. The van der Waals surface area contributed by atoms with Crippen molar-refractivity contribution in [3.63, 3.8) is 0 Å². The lowest BCUT2D eigenvalue weighted by atomic mass is 9.77. The quantitative estimate of drug-likeness (QED) is 0.111. The van der Waals surface area contributed by atoms with Crippen molar-refractivity contribution in [3.8, 4) is 0 Å². The summed E-state index contributed by atoms with van der Waals surface area (Å²) in [5, 5.41) is 0. The smallest absolute Gasteiger partial charge is 0.0281 e. The summed E-state index contributed by atoms with van der Waals surface area (Å²) in [4.78, 5) is 0. The molecule has 484 valence electrons. The van der Waals surface area contributed by atoms with Gasteiger partial charge in [-0.25, -0.2) is 0 Å². The normalized spacial score (nSPS) is 25.5. The van der Waals surface area contributed by atoms with Crippen molar-refractivity contribution in [2.24, 2.45) is 35.5 Å². The minimum absolute atomic E-state index is 0.425. The van der Waals surface area contributed by atoms with E-state index in [0.717, 1.165) is 61.7 Å². The molecule has 0 bridgehead atoms. The van der Waals surface area contributed by atoms with Gasteiger partial charge in [-0.05, 0) is 283 Å². The van der Waals surface area contributed by atoms with Crippen LogP contribution >= 0.6 is 0 Å². The van der Waals surface area contributed by atoms with Gasteiger partial charge in [-0.3, -0.25) is 0 Å². The summed E-state index contributed by atoms with van der Waals surface area (Å²) >= 11 is 0. The van der Waals surface area contributed by atoms with Gasteiger partial charge in [-0.1, -0.05) is 275 Å². The summed E-state index contributed by atoms with van der Waals surface area (Å²) in [5.74, 6) is 5.50. The fourth-order valence-electron chi connectivity index (χ4n) is 17.9. The van der Waals surface area contributed by atoms with Crippen LogP contribution in [-0.4, -0.2) is 0 Å². The van der Waals surface area contributed by atoms with Crippen LogP contribution in [0.2, 0.25) is 0 Å². The predicted molar refractivity (Wildman–Crippen MR) is 406 cm³/mol. The SMILES string of the molecule is Cc1cc(C2CCC(C)CC2)ccc1CC1=CC=C(C2=CCC=C2)C2C=CC=C12.Cc1cc(CC2=CC=C(C3=CCCC=C3)C3C=CC=C23)ccc1C1CCCCC1.Cc1ccc(CC2CCC(Cc3ccc(CC4=CC=C(C5=CCCC=C5)C5C=CC=C45)cc3)CC2)cc1. The van der Waals surface area contributed by atoms with Crippen LogP contribution in [0.15, 0.2) is 298 Å². The molecule has 0 heteroatoms. The largest absolute Gasteiger partial charge is 0.0836 e. The minimum atomic E-state index is 0.425. The van der Waals surface area contributed by atoms with Crippen molar-refractivity contribution in [1.82, 2.24) is 0 Å². The van der Waals surface area contributed by atoms with Crippen LogP contribution in [0.25, 0.3) is 0 Å². The van der Waals surface area contributed by atoms with Gasteiger partial charge in [-0.2, -0.15) is 0 Å². The first-order valence-electron chi connectivity index (χ1n) is 37.5. The monoisotopic (exact) mass is 1240 g/mol. The summed E-state index contributed by atoms with van der Waals surface area (Å²) in [6.07, 6.45) is 85.4. The number of benzene rings is 4. The maximum absolute atomic E-state index is 2.48. The molecule has 3 saturated carbocycles. The molecule has 0 radical (unpaired) electrons. The van der Waals surface area contributed by atoms with Crippen molar-refractivity contribution in [2.45, 2.75) is 187 Å². The number of hydrogen-bond acceptors (Lipinski definition) is 0. The van der Waals surface area contributed by atoms with Crippen LogP contribution in [0.3, 0.4) is 0 Å². The summed E-state index contributed by atoms with van der Waals surface area (Å²) in [7, 11) is 0. The molecule has 0 aromatic heterocycles. The Bertz CT molecular complexity index is 4060. The third kappa shape index (κ3) is 15.6. The lowest BCUT2D eigenvalue weighted by molar-refractivity contribution is 0.272. The van der Waals surface area contributed by atoms with E-state index in [-0.39, 0.29) is 0 Å². The lowest BCUT2D eigenvalue weighted by Gasteiger charge is -2.29. The third-order valence-electron chi connectivity index (χ3n) is 23.6. The van der Waals surface area contributed by atoms with Crippen molar-refractivity contribution in [1.29, 1.82) is 0 Å². The zero-order valence-electron chi connectivity index (χ0n) is 57.8. The van der Waals surface area contributed by atoms with Crippen LogP contribution in [0.4, 0.5) is 0 Å². The van der Waals surface area contributed by atoms with Crippen LogP contribution in [-0.2, 0) is 32.1 Å². The highest BCUT2D eigenvalue weighted by Crippen LogP contribution is 2.46. The molecule has 12 aliphatic rings. The van der Waals surface area contributed by atoms with E-state index in [1.807, 2.05) is 0 Å². The summed E-state index contributed by atoms with van der Waals surface area (Å²) in [6, 6.07) is 33.3. The highest BCUT2D eigenvalue weighted by Gasteiger charge is 2.31. The van der Waals surface area contributed by atoms with Crippen LogP contribution in [0.5, 0.6) is 0 Å². The molecule has 0 amide bonds. The van der Waals surface area contributed by atoms with Crippen molar-refractivity contribution in [3.05, 3.63) is 353 Å². The molecular weight excluding hydrogens is 1140 g/mol. The van der Waals surface area contributed by atoms with Gasteiger partial charge < -0.3 is 0 Å². The summed E-state index contributed by atoms with van der Waals surface area (Å²) in [6.45, 7) is 9.21. The highest BCUT2D eigenvalue weighted by molar-refractivity contribution is 5.64. The molecule has 4 aromatic carbocycles. The number of allylic oxidation sites excluding steroid dienone is 36. The van der Waals surface area contributed by atoms with E-state index < -0.39 is 0 Å². The van der Waals surface area contributed by atoms with E-state index in [4.69, 9.17) is 0 Å². The van der Waals surface area contributed by atoms with Gasteiger partial charge in [0.2, 0.25) is 0 Å². The molecule has 95 heavy (non-hydrogen) atoms. The van der Waals surface area contributed by atoms with Crippen molar-refractivity contribution >= 4 is 0 Å². The van der Waals surface area contributed by atoms with Gasteiger partial charge >= 0.3 is 0 Å². The molecular formula is C95H104. The molecule has 3 fully saturated rings. The van der Waals surface area contributed by atoms with E-state index in [1.54, 1.807) is 11.1 Å². The molecule has 0 nitrogen and oxygen atoms in total. The molecule has 0 spiro atoms. The third-order valence-corrected chi connectivity index (χ3v) is 23.6. The Labute approximate surface area is 572 Å². The molecule has 4 aromatic rings. The number of rotatable bonds is 15. The maximum atomic E-state index is 2.48. The molecule has 3 atom stereocenters. The van der Waals surface area contributed by atoms with E-state index in [9.17, 15) is 0 Å². The van der Waals surface area contributed by atoms with Gasteiger partial charge in [-0.15, -0.1) is 0 Å². The first-order chi connectivity index (χ1) is 46.7. The maximum Gasteiger partial charge on any atom is 0.0281 e. The molecule has 3 unspecified atom stereocenters. The molecule has 0 N–H and O–H groups in total. The van der Waals surface area contributed by atoms with Crippen LogP contribution in [0, 0.1) is 56.3 Å². The average molecular weight is 1250 g/mol. The van der Waals surface area contributed by atoms with E-state index >= 15 is 0 Å². The first kappa shape index (κ1) is 64.5. The Morgan fingerprint density at radius 3 is 1.37 bits per heavy atom. The second kappa shape index (κ2) is 30.5. The lowest BCUT2D eigenvalue weighted by Crippen LogP contribution is -2.18. The second-order valence-corrected chi connectivity index (χ2v) is 30.3. The van der Waals surface area contributed by atoms with Crippen LogP contribution in [0.1, 0.15) is 190 Å². The molecule has 16 rings (SSSR count). The predicted octanol–water partition coefficient (Wildman–Crippen LogP) is 24.9. The van der Waals surface area contributed by atoms with Crippen LogP contribution < -0.4 is 0 Å². The van der Waals surface area contributed by atoms with E-state index in [0.29, 0.717) is 17.8 Å². The molecule has 0 aliphatic heterocycles. The Hall–Kier alpha value is -7.80.